The Hall–Kier alpha value is -0.600. The largest absolute Gasteiger partial charge is 0.346 e. The topological polar surface area (TPSA) is 18.5 Å². The van der Waals surface area contributed by atoms with E-state index in [4.69, 9.17) is 9.47 Å². The van der Waals surface area contributed by atoms with Crippen molar-refractivity contribution in [2.24, 2.45) is 0 Å². The van der Waals surface area contributed by atoms with Crippen LogP contribution in [0.1, 0.15) is 44.9 Å². The van der Waals surface area contributed by atoms with Crippen molar-refractivity contribution in [2.45, 2.75) is 51.2 Å². The molecule has 0 N–H and O–H groups in total. The lowest BCUT2D eigenvalue weighted by Crippen LogP contribution is -2.15. The van der Waals surface area contributed by atoms with Crippen molar-refractivity contribution in [1.82, 2.24) is 0 Å². The molecule has 1 aliphatic carbocycles. The minimum Gasteiger partial charge on any atom is -0.346 e. The number of hydrogen-bond acceptors (Lipinski definition) is 2. The van der Waals surface area contributed by atoms with Crippen molar-refractivity contribution in [3.8, 4) is 0 Å². The molecule has 2 fully saturated rings. The molecule has 2 aliphatic rings. The second-order valence-corrected chi connectivity index (χ2v) is 4.59. The summed E-state index contributed by atoms with van der Waals surface area (Å²) >= 11 is 0. The van der Waals surface area contributed by atoms with E-state index in [1.807, 2.05) is 6.08 Å². The summed E-state index contributed by atoms with van der Waals surface area (Å²) < 4.78 is 11.3. The zero-order valence-electron chi connectivity index (χ0n) is 10.0. The molecule has 2 heteroatoms. The molecule has 2 rings (SSSR count). The number of allylic oxidation sites excluding steroid dienone is 2. The Morgan fingerprint density at radius 1 is 1.19 bits per heavy atom. The standard InChI is InChI=1S/C14H22O2/c1-2-3-9-13(14-15-10-11-16-14)12-7-5-4-6-8-12/h2,14H,1,3-11H2. The Kier molecular flexibility index (Phi) is 4.61. The third-order valence-electron chi connectivity index (χ3n) is 3.44. The lowest BCUT2D eigenvalue weighted by Gasteiger charge is -2.22. The minimum atomic E-state index is -0.0481. The van der Waals surface area contributed by atoms with Crippen LogP contribution in [0.2, 0.25) is 0 Å². The molecule has 1 saturated carbocycles. The lowest BCUT2D eigenvalue weighted by atomic mass is 9.89. The SMILES string of the molecule is C=CCCC(=C1CCCCC1)C1OCCO1. The third kappa shape index (κ3) is 2.96. The first-order valence-electron chi connectivity index (χ1n) is 6.46. The highest BCUT2D eigenvalue weighted by molar-refractivity contribution is 5.19. The molecule has 0 amide bonds. The molecule has 1 heterocycles. The van der Waals surface area contributed by atoms with Gasteiger partial charge in [-0.1, -0.05) is 18.1 Å². The van der Waals surface area contributed by atoms with Crippen molar-refractivity contribution >= 4 is 0 Å². The number of hydrogen-bond donors (Lipinski definition) is 0. The molecule has 0 aromatic heterocycles. The molecule has 2 nitrogen and oxygen atoms in total. The fourth-order valence-corrected chi connectivity index (χ4v) is 2.58. The molecule has 0 unspecified atom stereocenters. The summed E-state index contributed by atoms with van der Waals surface area (Å²) in [5.41, 5.74) is 3.01. The molecule has 90 valence electrons. The van der Waals surface area contributed by atoms with Crippen LogP contribution >= 0.6 is 0 Å². The molecule has 0 atom stereocenters. The van der Waals surface area contributed by atoms with E-state index in [1.165, 1.54) is 37.7 Å². The smallest absolute Gasteiger partial charge is 0.180 e. The van der Waals surface area contributed by atoms with E-state index < -0.39 is 0 Å². The fourth-order valence-electron chi connectivity index (χ4n) is 2.58. The van der Waals surface area contributed by atoms with Crippen molar-refractivity contribution in [1.29, 1.82) is 0 Å². The highest BCUT2D eigenvalue weighted by Gasteiger charge is 2.24. The number of ether oxygens (including phenoxy) is 2. The highest BCUT2D eigenvalue weighted by Crippen LogP contribution is 2.31. The van der Waals surface area contributed by atoms with Crippen LogP contribution in [0.5, 0.6) is 0 Å². The molecule has 0 spiro atoms. The number of rotatable bonds is 4. The molecule has 16 heavy (non-hydrogen) atoms. The van der Waals surface area contributed by atoms with Gasteiger partial charge in [0.2, 0.25) is 0 Å². The molecule has 1 aliphatic heterocycles. The summed E-state index contributed by atoms with van der Waals surface area (Å²) in [6.07, 6.45) is 10.6. The maximum absolute atomic E-state index is 5.65. The normalized spacial score (nSPS) is 22.4. The van der Waals surface area contributed by atoms with Gasteiger partial charge in [0, 0.05) is 0 Å². The average molecular weight is 222 g/mol. The van der Waals surface area contributed by atoms with Crippen LogP contribution in [0.3, 0.4) is 0 Å². The predicted molar refractivity (Wildman–Crippen MR) is 65.2 cm³/mol. The summed E-state index contributed by atoms with van der Waals surface area (Å²) in [6.45, 7) is 5.29. The van der Waals surface area contributed by atoms with Crippen LogP contribution in [0.4, 0.5) is 0 Å². The van der Waals surface area contributed by atoms with Gasteiger partial charge in [-0.3, -0.25) is 0 Å². The highest BCUT2D eigenvalue weighted by atomic mass is 16.7. The van der Waals surface area contributed by atoms with Crippen LogP contribution < -0.4 is 0 Å². The first-order chi connectivity index (χ1) is 7.92. The van der Waals surface area contributed by atoms with Crippen LogP contribution in [0, 0.1) is 0 Å². The Morgan fingerprint density at radius 3 is 2.50 bits per heavy atom. The van der Waals surface area contributed by atoms with E-state index in [0.717, 1.165) is 26.1 Å². The summed E-state index contributed by atoms with van der Waals surface area (Å²) in [7, 11) is 0. The monoisotopic (exact) mass is 222 g/mol. The summed E-state index contributed by atoms with van der Waals surface area (Å²) in [4.78, 5) is 0. The first-order valence-corrected chi connectivity index (χ1v) is 6.46. The second-order valence-electron chi connectivity index (χ2n) is 4.59. The molecule has 0 bridgehead atoms. The third-order valence-corrected chi connectivity index (χ3v) is 3.44. The average Bonchev–Trinajstić information content (AvgIpc) is 2.85. The quantitative estimate of drug-likeness (QED) is 0.677. The van der Waals surface area contributed by atoms with Crippen LogP contribution in [-0.4, -0.2) is 19.5 Å². The van der Waals surface area contributed by atoms with E-state index in [-0.39, 0.29) is 6.29 Å². The first kappa shape index (κ1) is 11.9. The van der Waals surface area contributed by atoms with Gasteiger partial charge in [-0.25, -0.2) is 0 Å². The van der Waals surface area contributed by atoms with Gasteiger partial charge in [0.05, 0.1) is 13.2 Å². The van der Waals surface area contributed by atoms with Gasteiger partial charge in [-0.05, 0) is 44.1 Å². The lowest BCUT2D eigenvalue weighted by molar-refractivity contribution is -0.0146. The van der Waals surface area contributed by atoms with E-state index in [2.05, 4.69) is 6.58 Å². The molecular weight excluding hydrogens is 200 g/mol. The fraction of sp³-hybridized carbons (Fsp3) is 0.714. The Balaban J connectivity index is 2.07. The summed E-state index contributed by atoms with van der Waals surface area (Å²) in [5.74, 6) is 0. The van der Waals surface area contributed by atoms with Crippen molar-refractivity contribution < 1.29 is 9.47 Å². The van der Waals surface area contributed by atoms with Gasteiger partial charge in [-0.2, -0.15) is 0 Å². The summed E-state index contributed by atoms with van der Waals surface area (Å²) in [5, 5.41) is 0. The zero-order chi connectivity index (χ0) is 11.2. The van der Waals surface area contributed by atoms with Crippen molar-refractivity contribution in [3.05, 3.63) is 23.8 Å². The molecule has 0 aromatic carbocycles. The van der Waals surface area contributed by atoms with E-state index in [0.29, 0.717) is 0 Å². The van der Waals surface area contributed by atoms with Crippen molar-refractivity contribution in [3.63, 3.8) is 0 Å². The molecular formula is C14H22O2. The maximum atomic E-state index is 5.65. The molecule has 1 saturated heterocycles. The Morgan fingerprint density at radius 2 is 1.88 bits per heavy atom. The van der Waals surface area contributed by atoms with E-state index in [1.54, 1.807) is 5.57 Å². The van der Waals surface area contributed by atoms with Crippen LogP contribution in [0.25, 0.3) is 0 Å². The van der Waals surface area contributed by atoms with Gasteiger partial charge in [0.15, 0.2) is 6.29 Å². The molecule has 0 radical (unpaired) electrons. The van der Waals surface area contributed by atoms with Gasteiger partial charge >= 0.3 is 0 Å². The second kappa shape index (κ2) is 6.21. The van der Waals surface area contributed by atoms with E-state index >= 15 is 0 Å². The van der Waals surface area contributed by atoms with Crippen LogP contribution in [-0.2, 0) is 9.47 Å². The summed E-state index contributed by atoms with van der Waals surface area (Å²) in [6, 6.07) is 0. The van der Waals surface area contributed by atoms with Crippen molar-refractivity contribution in [2.75, 3.05) is 13.2 Å². The maximum Gasteiger partial charge on any atom is 0.180 e. The van der Waals surface area contributed by atoms with Gasteiger partial charge < -0.3 is 9.47 Å². The van der Waals surface area contributed by atoms with Gasteiger partial charge in [0.25, 0.3) is 0 Å². The van der Waals surface area contributed by atoms with E-state index in [9.17, 15) is 0 Å². The van der Waals surface area contributed by atoms with Crippen LogP contribution in [0.15, 0.2) is 23.8 Å². The zero-order valence-corrected chi connectivity index (χ0v) is 10.0. The predicted octanol–water partition coefficient (Wildman–Crippen LogP) is 3.59. The van der Waals surface area contributed by atoms with Gasteiger partial charge in [-0.15, -0.1) is 6.58 Å². The Bertz CT molecular complexity index is 254. The molecule has 0 aromatic rings. The Labute approximate surface area is 98.3 Å². The van der Waals surface area contributed by atoms with Gasteiger partial charge in [0.1, 0.15) is 0 Å². The minimum absolute atomic E-state index is 0.0481.